The van der Waals surface area contributed by atoms with E-state index in [1.165, 1.54) is 17.8 Å². The van der Waals surface area contributed by atoms with Crippen LogP contribution in [0.1, 0.15) is 10.8 Å². The third-order valence-corrected chi connectivity index (χ3v) is 5.02. The van der Waals surface area contributed by atoms with Crippen LogP contribution in [-0.4, -0.2) is 37.6 Å². The Hall–Kier alpha value is -1.11. The number of nitrogens with zero attached hydrogens (tertiary/aromatic N) is 1. The lowest BCUT2D eigenvalue weighted by Crippen LogP contribution is -2.48. The lowest BCUT2D eigenvalue weighted by Gasteiger charge is -2.42. The van der Waals surface area contributed by atoms with Gasteiger partial charge in [-0.15, -0.1) is 0 Å². The monoisotopic (exact) mass is 296 g/mol. The smallest absolute Gasteiger partial charge is 0.154 e. The number of ether oxygens (including phenoxy) is 2. The molecule has 1 fully saturated rings. The second kappa shape index (κ2) is 5.71. The van der Waals surface area contributed by atoms with E-state index in [0.717, 1.165) is 0 Å². The molecule has 1 saturated heterocycles. The molecule has 0 bridgehead atoms. The Morgan fingerprint density at radius 1 is 1.40 bits per heavy atom. The van der Waals surface area contributed by atoms with E-state index in [-0.39, 0.29) is 29.1 Å². The number of methoxy groups -OCH3 is 1. The summed E-state index contributed by atoms with van der Waals surface area (Å²) in [5, 5.41) is 0.396. The van der Waals surface area contributed by atoms with Crippen molar-refractivity contribution in [2.24, 2.45) is 16.6 Å². The Morgan fingerprint density at radius 3 is 2.95 bits per heavy atom. The lowest BCUT2D eigenvalue weighted by atomic mass is 9.85. The molecular formula is C14H17FN2O2S. The van der Waals surface area contributed by atoms with Gasteiger partial charge in [-0.2, -0.15) is 0 Å². The molecule has 0 aromatic heterocycles. The Balaban J connectivity index is 2.00. The van der Waals surface area contributed by atoms with Crippen molar-refractivity contribution < 1.29 is 13.9 Å². The predicted octanol–water partition coefficient (Wildman–Crippen LogP) is 1.96. The molecule has 4 nitrogen and oxygen atoms in total. The number of fused-ring (bicyclic) bond motifs is 1. The zero-order valence-corrected chi connectivity index (χ0v) is 12.0. The van der Waals surface area contributed by atoms with Crippen molar-refractivity contribution in [1.29, 1.82) is 0 Å². The number of hydrogen-bond donors (Lipinski definition) is 1. The molecule has 2 N–H and O–H groups in total. The first-order chi connectivity index (χ1) is 9.70. The standard InChI is InChI=1S/C14H17FN2O2S/c1-18-11-7-19-6-10-12(11)13(20-14(16)17-10)8-4-2-3-5-9(8)15/h2-5,10-13H,6-7H2,1H3,(H2,16,17). The highest BCUT2D eigenvalue weighted by Gasteiger charge is 2.44. The second-order valence-corrected chi connectivity index (χ2v) is 6.15. The first kappa shape index (κ1) is 13.9. The SMILES string of the molecule is COC1COCC2N=C(N)SC(c3ccccc3F)C21. The van der Waals surface area contributed by atoms with Gasteiger partial charge in [0.25, 0.3) is 0 Å². The first-order valence-electron chi connectivity index (χ1n) is 6.55. The number of aliphatic imine (C=N–C) groups is 1. The summed E-state index contributed by atoms with van der Waals surface area (Å²) >= 11 is 1.41. The Morgan fingerprint density at radius 2 is 2.20 bits per heavy atom. The van der Waals surface area contributed by atoms with Gasteiger partial charge in [0.2, 0.25) is 0 Å². The zero-order chi connectivity index (χ0) is 14.1. The molecule has 6 heteroatoms. The minimum Gasteiger partial charge on any atom is -0.379 e. The zero-order valence-electron chi connectivity index (χ0n) is 11.2. The lowest BCUT2D eigenvalue weighted by molar-refractivity contribution is -0.0760. The van der Waals surface area contributed by atoms with Crippen LogP contribution in [0.15, 0.2) is 29.3 Å². The summed E-state index contributed by atoms with van der Waals surface area (Å²) in [6, 6.07) is 6.76. The molecule has 0 radical (unpaired) electrons. The summed E-state index contributed by atoms with van der Waals surface area (Å²) in [7, 11) is 1.65. The van der Waals surface area contributed by atoms with E-state index in [4.69, 9.17) is 15.2 Å². The van der Waals surface area contributed by atoms with E-state index < -0.39 is 0 Å². The van der Waals surface area contributed by atoms with E-state index in [1.54, 1.807) is 13.2 Å². The van der Waals surface area contributed by atoms with Gasteiger partial charge in [-0.05, 0) is 6.07 Å². The molecule has 1 aromatic carbocycles. The molecular weight excluding hydrogens is 279 g/mol. The number of hydrogen-bond acceptors (Lipinski definition) is 5. The molecule has 20 heavy (non-hydrogen) atoms. The highest BCUT2D eigenvalue weighted by Crippen LogP contribution is 2.46. The van der Waals surface area contributed by atoms with Gasteiger partial charge in [-0.1, -0.05) is 30.0 Å². The Labute approximate surface area is 121 Å². The van der Waals surface area contributed by atoms with Gasteiger partial charge in [0.05, 0.1) is 25.4 Å². The Bertz CT molecular complexity index is 526. The number of rotatable bonds is 2. The van der Waals surface area contributed by atoms with Gasteiger partial charge in [0.1, 0.15) is 5.82 Å². The summed E-state index contributed by atoms with van der Waals surface area (Å²) in [6.07, 6.45) is -0.0947. The van der Waals surface area contributed by atoms with Crippen molar-refractivity contribution >= 4 is 16.9 Å². The van der Waals surface area contributed by atoms with Crippen molar-refractivity contribution in [3.05, 3.63) is 35.6 Å². The van der Waals surface area contributed by atoms with E-state index in [1.807, 2.05) is 12.1 Å². The molecule has 0 aliphatic carbocycles. The molecule has 108 valence electrons. The topological polar surface area (TPSA) is 56.8 Å². The fraction of sp³-hybridized carbons (Fsp3) is 0.500. The van der Waals surface area contributed by atoms with Crippen molar-refractivity contribution in [1.82, 2.24) is 0 Å². The van der Waals surface area contributed by atoms with Crippen LogP contribution in [-0.2, 0) is 9.47 Å². The predicted molar refractivity (Wildman–Crippen MR) is 77.2 cm³/mol. The van der Waals surface area contributed by atoms with Crippen LogP contribution in [0.25, 0.3) is 0 Å². The van der Waals surface area contributed by atoms with Gasteiger partial charge in [0.15, 0.2) is 5.17 Å². The quantitative estimate of drug-likeness (QED) is 0.906. The summed E-state index contributed by atoms with van der Waals surface area (Å²) in [5.41, 5.74) is 6.56. The number of halogens is 1. The van der Waals surface area contributed by atoms with E-state index >= 15 is 0 Å². The van der Waals surface area contributed by atoms with Gasteiger partial charge in [-0.25, -0.2) is 4.39 Å². The van der Waals surface area contributed by atoms with Gasteiger partial charge < -0.3 is 15.2 Å². The summed E-state index contributed by atoms with van der Waals surface area (Å²) < 4.78 is 25.2. The van der Waals surface area contributed by atoms with Crippen LogP contribution in [0.5, 0.6) is 0 Å². The summed E-state index contributed by atoms with van der Waals surface area (Å²) in [5.74, 6) is -0.136. The van der Waals surface area contributed by atoms with Crippen LogP contribution in [0.3, 0.4) is 0 Å². The number of nitrogens with two attached hydrogens (primary N) is 1. The normalized spacial score (nSPS) is 33.4. The highest BCUT2D eigenvalue weighted by atomic mass is 32.2. The maximum absolute atomic E-state index is 14.1. The second-order valence-electron chi connectivity index (χ2n) is 4.98. The van der Waals surface area contributed by atoms with Crippen molar-refractivity contribution in [2.75, 3.05) is 20.3 Å². The maximum Gasteiger partial charge on any atom is 0.154 e. The molecule has 4 unspecified atom stereocenters. The number of amidine groups is 1. The molecule has 2 aliphatic heterocycles. The average Bonchev–Trinajstić information content (AvgIpc) is 2.46. The van der Waals surface area contributed by atoms with Gasteiger partial charge in [-0.3, -0.25) is 4.99 Å². The van der Waals surface area contributed by atoms with Crippen LogP contribution in [0.4, 0.5) is 4.39 Å². The van der Waals surface area contributed by atoms with Crippen molar-refractivity contribution in [3.8, 4) is 0 Å². The molecule has 0 saturated carbocycles. The van der Waals surface area contributed by atoms with E-state index in [0.29, 0.717) is 23.9 Å². The van der Waals surface area contributed by atoms with Crippen molar-refractivity contribution in [3.63, 3.8) is 0 Å². The third kappa shape index (κ3) is 2.43. The fourth-order valence-corrected chi connectivity index (χ4v) is 4.19. The molecule has 0 spiro atoms. The molecule has 1 aromatic rings. The maximum atomic E-state index is 14.1. The third-order valence-electron chi connectivity index (χ3n) is 3.85. The molecule has 2 aliphatic rings. The minimum atomic E-state index is -0.209. The van der Waals surface area contributed by atoms with E-state index in [2.05, 4.69) is 4.99 Å². The molecule has 4 atom stereocenters. The molecule has 2 heterocycles. The van der Waals surface area contributed by atoms with Crippen LogP contribution >= 0.6 is 11.8 Å². The van der Waals surface area contributed by atoms with E-state index in [9.17, 15) is 4.39 Å². The largest absolute Gasteiger partial charge is 0.379 e. The fourth-order valence-electron chi connectivity index (χ4n) is 2.90. The Kier molecular flexibility index (Phi) is 3.96. The highest BCUT2D eigenvalue weighted by molar-refractivity contribution is 8.14. The number of thioether (sulfide) groups is 1. The van der Waals surface area contributed by atoms with Gasteiger partial charge in [0, 0.05) is 23.8 Å². The molecule has 0 amide bonds. The average molecular weight is 296 g/mol. The molecule has 3 rings (SSSR count). The van der Waals surface area contributed by atoms with Crippen LogP contribution < -0.4 is 5.73 Å². The summed E-state index contributed by atoms with van der Waals surface area (Å²) in [4.78, 5) is 4.44. The minimum absolute atomic E-state index is 0.0699. The van der Waals surface area contributed by atoms with Crippen LogP contribution in [0, 0.1) is 11.7 Å². The van der Waals surface area contributed by atoms with Gasteiger partial charge >= 0.3 is 0 Å². The van der Waals surface area contributed by atoms with Crippen molar-refractivity contribution in [2.45, 2.75) is 17.4 Å². The first-order valence-corrected chi connectivity index (χ1v) is 7.43. The summed E-state index contributed by atoms with van der Waals surface area (Å²) in [6.45, 7) is 1.02. The van der Waals surface area contributed by atoms with Crippen LogP contribution in [0.2, 0.25) is 0 Å². The number of benzene rings is 1.